The zero-order valence-corrected chi connectivity index (χ0v) is 14.0. The fourth-order valence-electron chi connectivity index (χ4n) is 2.98. The van der Waals surface area contributed by atoms with Crippen LogP contribution in [0.3, 0.4) is 0 Å². The summed E-state index contributed by atoms with van der Waals surface area (Å²) < 4.78 is 5.16. The number of hydrogen-bond acceptors (Lipinski definition) is 3. The molecular formula is C19H20N2O3. The van der Waals surface area contributed by atoms with Gasteiger partial charge in [-0.05, 0) is 30.7 Å². The van der Waals surface area contributed by atoms with Crippen molar-refractivity contribution in [2.75, 3.05) is 12.0 Å². The Morgan fingerprint density at radius 1 is 1.21 bits per heavy atom. The second kappa shape index (κ2) is 6.35. The van der Waals surface area contributed by atoms with Gasteiger partial charge in [0.15, 0.2) is 0 Å². The molecule has 0 radical (unpaired) electrons. The summed E-state index contributed by atoms with van der Waals surface area (Å²) in [6, 6.07) is 12.9. The summed E-state index contributed by atoms with van der Waals surface area (Å²) in [7, 11) is 1.62. The van der Waals surface area contributed by atoms with Crippen molar-refractivity contribution in [2.45, 2.75) is 26.4 Å². The molecule has 2 amide bonds. The Morgan fingerprint density at radius 2 is 1.92 bits per heavy atom. The number of ether oxygens (including phenoxy) is 1. The van der Waals surface area contributed by atoms with Gasteiger partial charge < -0.3 is 15.0 Å². The maximum Gasteiger partial charge on any atom is 0.254 e. The monoisotopic (exact) mass is 324 g/mol. The SMILES string of the molecule is COc1ccc(CN2C(=O)[C@@H](NC(C)=O)c3cc(C)ccc32)cc1. The molecule has 2 aromatic rings. The third kappa shape index (κ3) is 2.97. The highest BCUT2D eigenvalue weighted by Crippen LogP contribution is 2.37. The minimum absolute atomic E-state index is 0.110. The largest absolute Gasteiger partial charge is 0.497 e. The quantitative estimate of drug-likeness (QED) is 0.941. The molecule has 3 rings (SSSR count). The van der Waals surface area contributed by atoms with Crippen LogP contribution in [-0.2, 0) is 16.1 Å². The van der Waals surface area contributed by atoms with Gasteiger partial charge in [0, 0.05) is 18.2 Å². The number of fused-ring (bicyclic) bond motifs is 1. The summed E-state index contributed by atoms with van der Waals surface area (Å²) in [5.74, 6) is 0.451. The number of nitrogens with zero attached hydrogens (tertiary/aromatic N) is 1. The lowest BCUT2D eigenvalue weighted by molar-refractivity contribution is -0.126. The smallest absolute Gasteiger partial charge is 0.254 e. The Kier molecular flexibility index (Phi) is 4.25. The first kappa shape index (κ1) is 16.1. The summed E-state index contributed by atoms with van der Waals surface area (Å²) in [5.41, 5.74) is 3.76. The van der Waals surface area contributed by atoms with E-state index in [2.05, 4.69) is 5.32 Å². The minimum atomic E-state index is -0.615. The zero-order valence-electron chi connectivity index (χ0n) is 14.0. The Balaban J connectivity index is 1.93. The Bertz CT molecular complexity index is 784. The van der Waals surface area contributed by atoms with E-state index >= 15 is 0 Å². The fraction of sp³-hybridized carbons (Fsp3) is 0.263. The van der Waals surface area contributed by atoms with Crippen molar-refractivity contribution in [1.29, 1.82) is 0 Å². The molecule has 0 bridgehead atoms. The van der Waals surface area contributed by atoms with Crippen molar-refractivity contribution in [3.05, 3.63) is 59.2 Å². The fourth-order valence-corrected chi connectivity index (χ4v) is 2.98. The van der Waals surface area contributed by atoms with Crippen LogP contribution in [0.2, 0.25) is 0 Å². The molecule has 0 fully saturated rings. The van der Waals surface area contributed by atoms with E-state index in [1.807, 2.05) is 49.4 Å². The molecule has 5 heteroatoms. The molecule has 0 aromatic heterocycles. The van der Waals surface area contributed by atoms with Crippen molar-refractivity contribution in [1.82, 2.24) is 5.32 Å². The lowest BCUT2D eigenvalue weighted by Crippen LogP contribution is -2.36. The lowest BCUT2D eigenvalue weighted by Gasteiger charge is -2.18. The molecule has 0 spiro atoms. The lowest BCUT2D eigenvalue weighted by atomic mass is 10.1. The van der Waals surface area contributed by atoms with Crippen LogP contribution in [0, 0.1) is 6.92 Å². The van der Waals surface area contributed by atoms with Crippen molar-refractivity contribution in [3.8, 4) is 5.75 Å². The zero-order chi connectivity index (χ0) is 17.3. The minimum Gasteiger partial charge on any atom is -0.497 e. The maximum atomic E-state index is 12.8. The molecule has 1 heterocycles. The molecule has 0 aliphatic carbocycles. The standard InChI is InChI=1S/C19H20N2O3/c1-12-4-9-17-16(10-12)18(20-13(2)22)19(23)21(17)11-14-5-7-15(24-3)8-6-14/h4-10,18H,11H2,1-3H3,(H,20,22)/t18-/m0/s1. The van der Waals surface area contributed by atoms with Crippen LogP contribution < -0.4 is 15.0 Å². The van der Waals surface area contributed by atoms with E-state index in [0.717, 1.165) is 28.1 Å². The summed E-state index contributed by atoms with van der Waals surface area (Å²) in [6.07, 6.45) is 0. The van der Waals surface area contributed by atoms with Gasteiger partial charge in [0.1, 0.15) is 11.8 Å². The van der Waals surface area contributed by atoms with Gasteiger partial charge >= 0.3 is 0 Å². The molecule has 0 saturated heterocycles. The van der Waals surface area contributed by atoms with Gasteiger partial charge in [0.25, 0.3) is 5.91 Å². The molecular weight excluding hydrogens is 304 g/mol. The van der Waals surface area contributed by atoms with E-state index < -0.39 is 6.04 Å². The second-order valence-corrected chi connectivity index (χ2v) is 5.97. The predicted octanol–water partition coefficient (Wildman–Crippen LogP) is 2.73. The van der Waals surface area contributed by atoms with Gasteiger partial charge in [-0.1, -0.05) is 29.8 Å². The van der Waals surface area contributed by atoms with Crippen LogP contribution in [0.1, 0.15) is 29.7 Å². The van der Waals surface area contributed by atoms with Crippen molar-refractivity contribution < 1.29 is 14.3 Å². The molecule has 1 aliphatic heterocycles. The number of benzene rings is 2. The molecule has 124 valence electrons. The molecule has 5 nitrogen and oxygen atoms in total. The van der Waals surface area contributed by atoms with Gasteiger partial charge in [-0.3, -0.25) is 9.59 Å². The van der Waals surface area contributed by atoms with E-state index in [-0.39, 0.29) is 11.8 Å². The third-order valence-electron chi connectivity index (χ3n) is 4.15. The highest BCUT2D eigenvalue weighted by atomic mass is 16.5. The summed E-state index contributed by atoms with van der Waals surface area (Å²) >= 11 is 0. The summed E-state index contributed by atoms with van der Waals surface area (Å²) in [5, 5.41) is 2.76. The van der Waals surface area contributed by atoms with Crippen LogP contribution >= 0.6 is 0 Å². The van der Waals surface area contributed by atoms with Crippen LogP contribution in [0.25, 0.3) is 0 Å². The third-order valence-corrected chi connectivity index (χ3v) is 4.15. The average molecular weight is 324 g/mol. The second-order valence-electron chi connectivity index (χ2n) is 5.97. The molecule has 2 aromatic carbocycles. The number of methoxy groups -OCH3 is 1. The normalized spacial score (nSPS) is 16.0. The molecule has 0 saturated carbocycles. The number of hydrogen-bond donors (Lipinski definition) is 1. The topological polar surface area (TPSA) is 58.6 Å². The molecule has 1 N–H and O–H groups in total. The first-order chi connectivity index (χ1) is 11.5. The average Bonchev–Trinajstić information content (AvgIpc) is 2.80. The van der Waals surface area contributed by atoms with E-state index in [1.165, 1.54) is 6.92 Å². The van der Waals surface area contributed by atoms with E-state index in [1.54, 1.807) is 12.0 Å². The van der Waals surface area contributed by atoms with Gasteiger partial charge in [-0.25, -0.2) is 0 Å². The number of amides is 2. The van der Waals surface area contributed by atoms with Crippen LogP contribution in [0.15, 0.2) is 42.5 Å². The maximum absolute atomic E-state index is 12.8. The molecule has 1 aliphatic rings. The van der Waals surface area contributed by atoms with E-state index in [9.17, 15) is 9.59 Å². The van der Waals surface area contributed by atoms with Crippen molar-refractivity contribution in [3.63, 3.8) is 0 Å². The van der Waals surface area contributed by atoms with Crippen LogP contribution in [-0.4, -0.2) is 18.9 Å². The first-order valence-electron chi connectivity index (χ1n) is 7.81. The highest BCUT2D eigenvalue weighted by molar-refractivity contribution is 6.06. The molecule has 0 unspecified atom stereocenters. The highest BCUT2D eigenvalue weighted by Gasteiger charge is 2.37. The first-order valence-corrected chi connectivity index (χ1v) is 7.81. The van der Waals surface area contributed by atoms with Gasteiger partial charge in [-0.2, -0.15) is 0 Å². The number of aryl methyl sites for hydroxylation is 1. The number of nitrogens with one attached hydrogen (secondary N) is 1. The Labute approximate surface area is 141 Å². The molecule has 24 heavy (non-hydrogen) atoms. The molecule has 1 atom stereocenters. The van der Waals surface area contributed by atoms with Gasteiger partial charge in [-0.15, -0.1) is 0 Å². The Morgan fingerprint density at radius 3 is 2.54 bits per heavy atom. The number of rotatable bonds is 4. The Hall–Kier alpha value is -2.82. The van der Waals surface area contributed by atoms with Crippen molar-refractivity contribution in [2.24, 2.45) is 0 Å². The van der Waals surface area contributed by atoms with Gasteiger partial charge in [0.2, 0.25) is 5.91 Å². The van der Waals surface area contributed by atoms with E-state index in [0.29, 0.717) is 6.54 Å². The van der Waals surface area contributed by atoms with Crippen LogP contribution in [0.4, 0.5) is 5.69 Å². The number of carbonyl (C=O) groups excluding carboxylic acids is 2. The predicted molar refractivity (Wildman–Crippen MR) is 91.9 cm³/mol. The number of carbonyl (C=O) groups is 2. The van der Waals surface area contributed by atoms with Crippen LogP contribution in [0.5, 0.6) is 5.75 Å². The summed E-state index contributed by atoms with van der Waals surface area (Å²) in [4.78, 5) is 26.0. The summed E-state index contributed by atoms with van der Waals surface area (Å²) in [6.45, 7) is 3.85. The number of anilines is 1. The van der Waals surface area contributed by atoms with Gasteiger partial charge in [0.05, 0.1) is 13.7 Å². The van der Waals surface area contributed by atoms with E-state index in [4.69, 9.17) is 4.74 Å². The van der Waals surface area contributed by atoms with Crippen molar-refractivity contribution >= 4 is 17.5 Å².